The van der Waals surface area contributed by atoms with Crippen molar-refractivity contribution in [2.24, 2.45) is 0 Å². The lowest BCUT2D eigenvalue weighted by atomic mass is 10.3. The highest BCUT2D eigenvalue weighted by Gasteiger charge is 1.92. The summed E-state index contributed by atoms with van der Waals surface area (Å²) in [6.07, 6.45) is 0. The molecule has 1 aromatic carbocycles. The summed E-state index contributed by atoms with van der Waals surface area (Å²) in [6.45, 7) is 0. The second-order valence-corrected chi connectivity index (χ2v) is 1.84. The van der Waals surface area contributed by atoms with Crippen LogP contribution in [0.5, 0.6) is 5.75 Å². The van der Waals surface area contributed by atoms with Gasteiger partial charge in [0.2, 0.25) is 0 Å². The van der Waals surface area contributed by atoms with E-state index in [0.717, 1.165) is 0 Å². The molecule has 0 bridgehead atoms. The zero-order valence-corrected chi connectivity index (χ0v) is 4.85. The van der Waals surface area contributed by atoms with Crippen molar-refractivity contribution in [1.82, 2.24) is 0 Å². The summed E-state index contributed by atoms with van der Waals surface area (Å²) in [5.41, 5.74) is 0. The number of hydrogen-bond donors (Lipinski definition) is 0. The van der Waals surface area contributed by atoms with Crippen LogP contribution < -0.4 is 0 Å². The van der Waals surface area contributed by atoms with Crippen LogP contribution in [0.15, 0.2) is 24.3 Å². The molecule has 0 fully saturated rings. The summed E-state index contributed by atoms with van der Waals surface area (Å²) in [7, 11) is 0. The lowest BCUT2D eigenvalue weighted by molar-refractivity contribution is 0.355. The zero-order chi connectivity index (χ0) is 5.98. The number of halogens is 1. The van der Waals surface area contributed by atoms with Gasteiger partial charge in [0.05, 0.1) is 5.02 Å². The molecule has 1 radical (unpaired) electrons. The van der Waals surface area contributed by atoms with Gasteiger partial charge in [0, 0.05) is 0 Å². The Hall–Kier alpha value is -0.690. The highest BCUT2D eigenvalue weighted by Crippen LogP contribution is 2.21. The van der Waals surface area contributed by atoms with Gasteiger partial charge in [-0.2, -0.15) is 0 Å². The molecule has 0 atom stereocenters. The molecule has 0 unspecified atom stereocenters. The molecule has 1 nitrogen and oxygen atoms in total. The quantitative estimate of drug-likeness (QED) is 0.510. The van der Waals surface area contributed by atoms with E-state index in [1.165, 1.54) is 6.07 Å². The van der Waals surface area contributed by atoms with E-state index in [-0.39, 0.29) is 10.8 Å². The molecule has 0 amide bonds. The Bertz CT molecular complexity index is 165. The Kier molecular flexibility index (Phi) is 1.40. The average Bonchev–Trinajstić information content (AvgIpc) is 1.77. The fraction of sp³-hybridized carbons (Fsp3) is 0. The van der Waals surface area contributed by atoms with Crippen molar-refractivity contribution in [2.75, 3.05) is 0 Å². The van der Waals surface area contributed by atoms with Crippen molar-refractivity contribution >= 4 is 11.6 Å². The molecular weight excluding hydrogens is 124 g/mol. The lowest BCUT2D eigenvalue weighted by Gasteiger charge is -1.85. The van der Waals surface area contributed by atoms with Crippen LogP contribution in [0.25, 0.3) is 0 Å². The second-order valence-electron chi connectivity index (χ2n) is 1.43. The fourth-order valence-electron chi connectivity index (χ4n) is 0.445. The summed E-state index contributed by atoms with van der Waals surface area (Å²) in [5, 5.41) is 10.8. The largest absolute Gasteiger partial charge is 0.288 e. The first kappa shape index (κ1) is 5.45. The molecule has 0 N–H and O–H groups in total. The van der Waals surface area contributed by atoms with Crippen molar-refractivity contribution in [3.63, 3.8) is 0 Å². The highest BCUT2D eigenvalue weighted by atomic mass is 35.5. The maximum atomic E-state index is 10.5. The van der Waals surface area contributed by atoms with E-state index in [0.29, 0.717) is 0 Å². The van der Waals surface area contributed by atoms with Gasteiger partial charge in [-0.3, -0.25) is 5.11 Å². The molecule has 0 aromatic heterocycles. The van der Waals surface area contributed by atoms with Crippen LogP contribution in [0.3, 0.4) is 0 Å². The monoisotopic (exact) mass is 127 g/mol. The van der Waals surface area contributed by atoms with Gasteiger partial charge >= 0.3 is 0 Å². The van der Waals surface area contributed by atoms with Gasteiger partial charge in [-0.25, -0.2) is 0 Å². The Labute approximate surface area is 52.5 Å². The maximum absolute atomic E-state index is 10.5. The van der Waals surface area contributed by atoms with Crippen molar-refractivity contribution in [1.29, 1.82) is 0 Å². The number of benzene rings is 1. The molecule has 0 spiro atoms. The molecule has 8 heavy (non-hydrogen) atoms. The third kappa shape index (κ3) is 0.928. The van der Waals surface area contributed by atoms with Crippen LogP contribution in [0.2, 0.25) is 5.02 Å². The van der Waals surface area contributed by atoms with Crippen LogP contribution in [0.1, 0.15) is 0 Å². The normalized spacial score (nSPS) is 9.12. The van der Waals surface area contributed by atoms with E-state index in [9.17, 15) is 5.11 Å². The number of rotatable bonds is 0. The highest BCUT2D eigenvalue weighted by molar-refractivity contribution is 6.31. The smallest absolute Gasteiger partial charge is 0.197 e. The third-order valence-corrected chi connectivity index (χ3v) is 1.15. The summed E-state index contributed by atoms with van der Waals surface area (Å²) in [5.74, 6) is -0.117. The number of para-hydroxylation sites is 1. The van der Waals surface area contributed by atoms with Crippen LogP contribution in [-0.2, 0) is 5.11 Å². The predicted molar refractivity (Wildman–Crippen MR) is 31.6 cm³/mol. The van der Waals surface area contributed by atoms with Crippen LogP contribution in [0, 0.1) is 0 Å². The molecule has 0 saturated carbocycles. The molecule has 0 aliphatic rings. The Morgan fingerprint density at radius 3 is 2.25 bits per heavy atom. The van der Waals surface area contributed by atoms with Crippen molar-refractivity contribution in [3.8, 4) is 5.75 Å². The first-order valence-corrected chi connectivity index (χ1v) is 2.60. The van der Waals surface area contributed by atoms with Gasteiger partial charge in [-0.15, -0.1) is 0 Å². The molecule has 2 heteroatoms. The standard InChI is InChI=1S/C6H4ClO/c7-5-3-1-2-4-6(5)8/h1-4H. The molecule has 1 rings (SSSR count). The van der Waals surface area contributed by atoms with E-state index in [2.05, 4.69) is 0 Å². The predicted octanol–water partition coefficient (Wildman–Crippen LogP) is 2.48. The Morgan fingerprint density at radius 2 is 1.88 bits per heavy atom. The molecular formula is C6H4ClO. The molecule has 0 heterocycles. The van der Waals surface area contributed by atoms with Crippen LogP contribution in [-0.4, -0.2) is 0 Å². The van der Waals surface area contributed by atoms with Gasteiger partial charge in [-0.1, -0.05) is 23.7 Å². The summed E-state index contributed by atoms with van der Waals surface area (Å²) < 4.78 is 0. The SMILES string of the molecule is [O]c1ccccc1Cl. The van der Waals surface area contributed by atoms with Crippen molar-refractivity contribution < 1.29 is 5.11 Å². The average molecular weight is 128 g/mol. The van der Waals surface area contributed by atoms with E-state index in [1.807, 2.05) is 0 Å². The Balaban J connectivity index is 3.13. The Morgan fingerprint density at radius 1 is 1.25 bits per heavy atom. The van der Waals surface area contributed by atoms with Gasteiger partial charge in [0.25, 0.3) is 0 Å². The maximum Gasteiger partial charge on any atom is 0.197 e. The second kappa shape index (κ2) is 2.05. The van der Waals surface area contributed by atoms with E-state index in [1.54, 1.807) is 18.2 Å². The molecule has 41 valence electrons. The van der Waals surface area contributed by atoms with Crippen molar-refractivity contribution in [2.45, 2.75) is 0 Å². The zero-order valence-electron chi connectivity index (χ0n) is 4.10. The minimum absolute atomic E-state index is 0.117. The third-order valence-electron chi connectivity index (χ3n) is 0.837. The first-order valence-electron chi connectivity index (χ1n) is 2.22. The van der Waals surface area contributed by atoms with Gasteiger partial charge in [-0.05, 0) is 12.1 Å². The topological polar surface area (TPSA) is 19.9 Å². The summed E-state index contributed by atoms with van der Waals surface area (Å²) in [6, 6.07) is 6.39. The van der Waals surface area contributed by atoms with Crippen molar-refractivity contribution in [3.05, 3.63) is 29.3 Å². The molecule has 0 saturated heterocycles. The first-order chi connectivity index (χ1) is 3.80. The van der Waals surface area contributed by atoms with E-state index >= 15 is 0 Å². The van der Waals surface area contributed by atoms with E-state index < -0.39 is 0 Å². The lowest BCUT2D eigenvalue weighted by Crippen LogP contribution is -1.60. The van der Waals surface area contributed by atoms with Gasteiger partial charge in [0.15, 0.2) is 5.75 Å². The molecule has 0 aliphatic heterocycles. The van der Waals surface area contributed by atoms with E-state index in [4.69, 9.17) is 11.6 Å². The minimum atomic E-state index is -0.117. The summed E-state index contributed by atoms with van der Waals surface area (Å²) >= 11 is 5.40. The minimum Gasteiger partial charge on any atom is -0.288 e. The summed E-state index contributed by atoms with van der Waals surface area (Å²) in [4.78, 5) is 0. The fourth-order valence-corrected chi connectivity index (χ4v) is 0.580. The van der Waals surface area contributed by atoms with Gasteiger partial charge in [0.1, 0.15) is 0 Å². The van der Waals surface area contributed by atoms with Crippen LogP contribution in [0.4, 0.5) is 0 Å². The number of hydrogen-bond acceptors (Lipinski definition) is 0. The van der Waals surface area contributed by atoms with Crippen LogP contribution >= 0.6 is 11.6 Å². The molecule has 0 aliphatic carbocycles. The van der Waals surface area contributed by atoms with Gasteiger partial charge < -0.3 is 0 Å². The molecule has 1 aromatic rings.